The summed E-state index contributed by atoms with van der Waals surface area (Å²) in [5.41, 5.74) is 6.09. The summed E-state index contributed by atoms with van der Waals surface area (Å²) in [6.07, 6.45) is 0. The molecule has 1 aromatic rings. The van der Waals surface area contributed by atoms with E-state index < -0.39 is 5.97 Å². The van der Waals surface area contributed by atoms with Gasteiger partial charge in [0.05, 0.1) is 18.7 Å². The number of rotatable bonds is 4. The van der Waals surface area contributed by atoms with Crippen molar-refractivity contribution >= 4 is 17.6 Å². The number of nitrogens with one attached hydrogen (secondary N) is 1. The molecule has 5 nitrogen and oxygen atoms in total. The molecule has 0 atom stereocenters. The Hall–Kier alpha value is -1.88. The van der Waals surface area contributed by atoms with E-state index in [9.17, 15) is 9.59 Å². The third-order valence-corrected chi connectivity index (χ3v) is 1.84. The van der Waals surface area contributed by atoms with Crippen molar-refractivity contribution in [2.45, 2.75) is 6.92 Å². The summed E-state index contributed by atoms with van der Waals surface area (Å²) in [6.45, 7) is 1.96. The molecule has 0 heterocycles. The fraction of sp³-hybridized carbons (Fsp3) is 0.273. The molecule has 0 fully saturated rings. The largest absolute Gasteiger partial charge is 0.462 e. The maximum absolute atomic E-state index is 11.4. The summed E-state index contributed by atoms with van der Waals surface area (Å²) >= 11 is 0. The molecule has 5 heteroatoms. The lowest BCUT2D eigenvalue weighted by Crippen LogP contribution is -2.22. The quantitative estimate of drug-likeness (QED) is 0.737. The van der Waals surface area contributed by atoms with Crippen molar-refractivity contribution in [2.75, 3.05) is 18.5 Å². The van der Waals surface area contributed by atoms with Gasteiger partial charge in [-0.05, 0) is 25.1 Å². The third-order valence-electron chi connectivity index (χ3n) is 1.84. The molecule has 0 spiro atoms. The van der Waals surface area contributed by atoms with Gasteiger partial charge >= 0.3 is 5.97 Å². The van der Waals surface area contributed by atoms with Gasteiger partial charge in [-0.15, -0.1) is 0 Å². The van der Waals surface area contributed by atoms with Crippen molar-refractivity contribution in [3.05, 3.63) is 29.8 Å². The highest BCUT2D eigenvalue weighted by atomic mass is 16.5. The van der Waals surface area contributed by atoms with Gasteiger partial charge < -0.3 is 15.8 Å². The molecule has 0 unspecified atom stereocenters. The van der Waals surface area contributed by atoms with Crippen LogP contribution in [0.4, 0.5) is 5.69 Å². The Balaban J connectivity index is 2.78. The number of ether oxygens (including phenoxy) is 1. The lowest BCUT2D eigenvalue weighted by molar-refractivity contribution is -0.114. The predicted molar refractivity (Wildman–Crippen MR) is 60.1 cm³/mol. The van der Waals surface area contributed by atoms with Crippen molar-refractivity contribution in [3.63, 3.8) is 0 Å². The smallest absolute Gasteiger partial charge is 0.338 e. The molecular formula is C11H14N2O3. The highest BCUT2D eigenvalue weighted by Gasteiger charge is 2.07. The number of hydrogen-bond acceptors (Lipinski definition) is 4. The van der Waals surface area contributed by atoms with Crippen LogP contribution in [-0.2, 0) is 9.53 Å². The molecule has 0 aliphatic heterocycles. The van der Waals surface area contributed by atoms with Crippen molar-refractivity contribution < 1.29 is 14.3 Å². The zero-order valence-corrected chi connectivity index (χ0v) is 9.03. The van der Waals surface area contributed by atoms with E-state index in [1.54, 1.807) is 31.2 Å². The Labute approximate surface area is 93.6 Å². The molecule has 0 aliphatic rings. The van der Waals surface area contributed by atoms with Crippen LogP contribution in [0.1, 0.15) is 17.3 Å². The summed E-state index contributed by atoms with van der Waals surface area (Å²) in [7, 11) is 0. The minimum Gasteiger partial charge on any atom is -0.462 e. The van der Waals surface area contributed by atoms with Gasteiger partial charge in [-0.3, -0.25) is 4.79 Å². The number of carbonyl (C=O) groups is 2. The number of carbonyl (C=O) groups excluding carboxylic acids is 2. The molecule has 1 aromatic carbocycles. The summed E-state index contributed by atoms with van der Waals surface area (Å²) in [5.74, 6) is -0.715. The zero-order chi connectivity index (χ0) is 12.0. The van der Waals surface area contributed by atoms with Gasteiger partial charge in [0.15, 0.2) is 0 Å². The van der Waals surface area contributed by atoms with Crippen LogP contribution in [0.15, 0.2) is 24.3 Å². The van der Waals surface area contributed by atoms with Crippen LogP contribution in [0.5, 0.6) is 0 Å². The number of benzene rings is 1. The van der Waals surface area contributed by atoms with E-state index in [2.05, 4.69) is 5.32 Å². The lowest BCUT2D eigenvalue weighted by atomic mass is 10.2. The zero-order valence-electron chi connectivity index (χ0n) is 9.03. The Bertz CT molecular complexity index is 391. The van der Waals surface area contributed by atoms with Gasteiger partial charge in [0.25, 0.3) is 0 Å². The van der Waals surface area contributed by atoms with Gasteiger partial charge in [0, 0.05) is 5.69 Å². The standard InChI is InChI=1S/C11H14N2O3/c1-2-16-11(15)8-4-3-5-9(6-8)13-10(14)7-12/h3-6H,2,7,12H2,1H3,(H,13,14). The van der Waals surface area contributed by atoms with Crippen molar-refractivity contribution in [1.82, 2.24) is 0 Å². The lowest BCUT2D eigenvalue weighted by Gasteiger charge is -2.05. The molecule has 1 rings (SSSR count). The molecule has 1 amide bonds. The van der Waals surface area contributed by atoms with E-state index in [1.807, 2.05) is 0 Å². The number of hydrogen-bond donors (Lipinski definition) is 2. The van der Waals surface area contributed by atoms with Gasteiger partial charge in [0.2, 0.25) is 5.91 Å². The van der Waals surface area contributed by atoms with Crippen LogP contribution in [-0.4, -0.2) is 25.0 Å². The normalized spacial score (nSPS) is 9.62. The van der Waals surface area contributed by atoms with Crippen LogP contribution in [0.2, 0.25) is 0 Å². The fourth-order valence-corrected chi connectivity index (χ4v) is 1.15. The summed E-state index contributed by atoms with van der Waals surface area (Å²) < 4.78 is 4.84. The van der Waals surface area contributed by atoms with E-state index in [0.29, 0.717) is 17.9 Å². The first-order valence-electron chi connectivity index (χ1n) is 4.94. The average molecular weight is 222 g/mol. The SMILES string of the molecule is CCOC(=O)c1cccc(NC(=O)CN)c1. The van der Waals surface area contributed by atoms with Crippen molar-refractivity contribution in [2.24, 2.45) is 5.73 Å². The van der Waals surface area contributed by atoms with Crippen LogP contribution in [0, 0.1) is 0 Å². The minimum atomic E-state index is -0.411. The predicted octanol–water partition coefficient (Wildman–Crippen LogP) is 0.761. The van der Waals surface area contributed by atoms with E-state index in [-0.39, 0.29) is 12.5 Å². The second-order valence-electron chi connectivity index (χ2n) is 3.05. The Kier molecular flexibility index (Phi) is 4.47. The van der Waals surface area contributed by atoms with E-state index >= 15 is 0 Å². The molecule has 16 heavy (non-hydrogen) atoms. The third kappa shape index (κ3) is 3.36. The maximum atomic E-state index is 11.4. The van der Waals surface area contributed by atoms with Crippen LogP contribution in [0.25, 0.3) is 0 Å². The average Bonchev–Trinajstić information content (AvgIpc) is 2.29. The highest BCUT2D eigenvalue weighted by Crippen LogP contribution is 2.11. The highest BCUT2D eigenvalue weighted by molar-refractivity contribution is 5.95. The molecule has 0 saturated heterocycles. The van der Waals surface area contributed by atoms with E-state index in [4.69, 9.17) is 10.5 Å². The molecule has 3 N–H and O–H groups in total. The molecule has 0 radical (unpaired) electrons. The molecule has 86 valence electrons. The maximum Gasteiger partial charge on any atom is 0.338 e. The topological polar surface area (TPSA) is 81.4 Å². The first-order valence-corrected chi connectivity index (χ1v) is 4.94. The fourth-order valence-electron chi connectivity index (χ4n) is 1.15. The first-order chi connectivity index (χ1) is 7.67. The summed E-state index contributed by atoms with van der Waals surface area (Å²) in [4.78, 5) is 22.4. The van der Waals surface area contributed by atoms with E-state index in [0.717, 1.165) is 0 Å². The van der Waals surface area contributed by atoms with Gasteiger partial charge in [-0.2, -0.15) is 0 Å². The minimum absolute atomic E-state index is 0.0936. The number of esters is 1. The molecule has 0 saturated carbocycles. The van der Waals surface area contributed by atoms with Gasteiger partial charge in [0.1, 0.15) is 0 Å². The number of anilines is 1. The summed E-state index contributed by atoms with van der Waals surface area (Å²) in [6, 6.07) is 6.51. The van der Waals surface area contributed by atoms with Gasteiger partial charge in [-0.1, -0.05) is 6.07 Å². The molecular weight excluding hydrogens is 208 g/mol. The first kappa shape index (κ1) is 12.2. The van der Waals surface area contributed by atoms with Crippen LogP contribution in [0.3, 0.4) is 0 Å². The Morgan fingerprint density at radius 3 is 2.81 bits per heavy atom. The van der Waals surface area contributed by atoms with Crippen LogP contribution < -0.4 is 11.1 Å². The van der Waals surface area contributed by atoms with Gasteiger partial charge in [-0.25, -0.2) is 4.79 Å². The Morgan fingerprint density at radius 2 is 2.19 bits per heavy atom. The molecule has 0 aromatic heterocycles. The number of amides is 1. The molecule has 0 bridgehead atoms. The van der Waals surface area contributed by atoms with Crippen molar-refractivity contribution in [3.8, 4) is 0 Å². The Morgan fingerprint density at radius 1 is 1.44 bits per heavy atom. The number of nitrogens with two attached hydrogens (primary N) is 1. The summed E-state index contributed by atoms with van der Waals surface area (Å²) in [5, 5.41) is 2.56. The second kappa shape index (κ2) is 5.87. The molecule has 0 aliphatic carbocycles. The van der Waals surface area contributed by atoms with E-state index in [1.165, 1.54) is 0 Å². The second-order valence-corrected chi connectivity index (χ2v) is 3.05. The monoisotopic (exact) mass is 222 g/mol. The van der Waals surface area contributed by atoms with Crippen LogP contribution >= 0.6 is 0 Å². The van der Waals surface area contributed by atoms with Crippen molar-refractivity contribution in [1.29, 1.82) is 0 Å².